The van der Waals surface area contributed by atoms with Crippen molar-refractivity contribution in [2.24, 2.45) is 4.99 Å². The van der Waals surface area contributed by atoms with Gasteiger partial charge < -0.3 is 16.0 Å². The molecule has 1 aromatic rings. The Morgan fingerprint density at radius 3 is 2.30 bits per heavy atom. The van der Waals surface area contributed by atoms with Crippen LogP contribution in [0, 0.1) is 0 Å². The Morgan fingerprint density at radius 1 is 1.20 bits per heavy atom. The molecule has 12 heteroatoms. The average Bonchev–Trinajstić information content (AvgIpc) is 2.67. The number of halogens is 3. The van der Waals surface area contributed by atoms with E-state index in [1.807, 2.05) is 24.3 Å². The van der Waals surface area contributed by atoms with Crippen molar-refractivity contribution in [3.63, 3.8) is 0 Å². The molecular formula is C18H26F3N5O3S. The molecule has 8 nitrogen and oxygen atoms in total. The van der Waals surface area contributed by atoms with E-state index in [-0.39, 0.29) is 37.9 Å². The first-order chi connectivity index (χ1) is 14.0. The number of amides is 1. The first-order valence-corrected chi connectivity index (χ1v) is 10.9. The molecule has 168 valence electrons. The number of carbonyl (C=O) groups is 1. The fourth-order valence-corrected chi connectivity index (χ4v) is 4.04. The van der Waals surface area contributed by atoms with Crippen molar-refractivity contribution in [2.75, 3.05) is 32.0 Å². The molecule has 0 unspecified atom stereocenters. The van der Waals surface area contributed by atoms with Gasteiger partial charge in [0.1, 0.15) is 0 Å². The third kappa shape index (κ3) is 6.59. The summed E-state index contributed by atoms with van der Waals surface area (Å²) in [6.07, 6.45) is 1.20. The zero-order valence-electron chi connectivity index (χ0n) is 16.8. The minimum absolute atomic E-state index is 0.138. The Labute approximate surface area is 174 Å². The number of guanidine groups is 1. The van der Waals surface area contributed by atoms with E-state index in [0.29, 0.717) is 23.2 Å². The molecule has 1 amide bonds. The van der Waals surface area contributed by atoms with Crippen molar-refractivity contribution < 1.29 is 26.4 Å². The molecule has 1 saturated heterocycles. The summed E-state index contributed by atoms with van der Waals surface area (Å²) in [6.45, 7) is 1.62. The number of carbonyl (C=O) groups excluding carboxylic acids is 1. The van der Waals surface area contributed by atoms with Crippen LogP contribution in [0.5, 0.6) is 0 Å². The molecule has 0 aliphatic carbocycles. The summed E-state index contributed by atoms with van der Waals surface area (Å²) < 4.78 is 61.3. The molecule has 1 heterocycles. The van der Waals surface area contributed by atoms with E-state index < -0.39 is 15.5 Å². The van der Waals surface area contributed by atoms with Crippen molar-refractivity contribution in [3.8, 4) is 0 Å². The van der Waals surface area contributed by atoms with E-state index in [1.54, 1.807) is 7.05 Å². The zero-order valence-corrected chi connectivity index (χ0v) is 17.6. The van der Waals surface area contributed by atoms with E-state index in [4.69, 9.17) is 0 Å². The van der Waals surface area contributed by atoms with Gasteiger partial charge in [0.15, 0.2) is 5.96 Å². The van der Waals surface area contributed by atoms with Gasteiger partial charge >= 0.3 is 15.5 Å². The minimum atomic E-state index is -5.28. The summed E-state index contributed by atoms with van der Waals surface area (Å²) in [5.74, 6) is 0.364. The van der Waals surface area contributed by atoms with Gasteiger partial charge in [-0.1, -0.05) is 12.1 Å². The lowest BCUT2D eigenvalue weighted by molar-refractivity contribution is -0.114. The molecule has 0 bridgehead atoms. The van der Waals surface area contributed by atoms with Gasteiger partial charge in [0, 0.05) is 45.3 Å². The van der Waals surface area contributed by atoms with Gasteiger partial charge in [-0.2, -0.15) is 17.5 Å². The number of sulfonamides is 1. The number of anilines is 1. The summed E-state index contributed by atoms with van der Waals surface area (Å²) in [5, 5.41) is 8.95. The predicted octanol–water partition coefficient (Wildman–Crippen LogP) is 1.67. The third-order valence-corrected chi connectivity index (χ3v) is 6.26. The second kappa shape index (κ2) is 10.1. The number of nitrogens with zero attached hydrogens (tertiary/aromatic N) is 2. The van der Waals surface area contributed by atoms with Crippen molar-refractivity contribution >= 4 is 27.6 Å². The maximum Gasteiger partial charge on any atom is 0.511 e. The third-order valence-electron chi connectivity index (χ3n) is 4.63. The second-order valence-corrected chi connectivity index (χ2v) is 8.82. The van der Waals surface area contributed by atoms with E-state index in [2.05, 4.69) is 20.9 Å². The molecule has 1 aliphatic rings. The van der Waals surface area contributed by atoms with Crippen LogP contribution in [0.2, 0.25) is 0 Å². The lowest BCUT2D eigenvalue weighted by atomic mass is 10.1. The normalized spacial score (nSPS) is 16.9. The van der Waals surface area contributed by atoms with Crippen molar-refractivity contribution in [3.05, 3.63) is 29.8 Å². The fraction of sp³-hybridized carbons (Fsp3) is 0.556. The lowest BCUT2D eigenvalue weighted by Gasteiger charge is -2.32. The van der Waals surface area contributed by atoms with Gasteiger partial charge in [-0.15, -0.1) is 0 Å². The molecule has 0 spiro atoms. The van der Waals surface area contributed by atoms with Crippen molar-refractivity contribution in [1.82, 2.24) is 14.9 Å². The predicted molar refractivity (Wildman–Crippen MR) is 109 cm³/mol. The quantitative estimate of drug-likeness (QED) is 0.453. The van der Waals surface area contributed by atoms with Crippen LogP contribution < -0.4 is 16.0 Å². The maximum absolute atomic E-state index is 12.6. The minimum Gasteiger partial charge on any atom is -0.356 e. The van der Waals surface area contributed by atoms with Gasteiger partial charge in [0.05, 0.1) is 0 Å². The highest BCUT2D eigenvalue weighted by Crippen LogP contribution is 2.28. The molecule has 2 rings (SSSR count). The van der Waals surface area contributed by atoms with E-state index in [1.165, 1.54) is 6.92 Å². The van der Waals surface area contributed by atoms with Crippen molar-refractivity contribution in [2.45, 2.75) is 37.7 Å². The molecule has 0 atom stereocenters. The summed E-state index contributed by atoms with van der Waals surface area (Å²) >= 11 is 0. The number of hydrogen-bond donors (Lipinski definition) is 3. The standard InChI is InChI=1S/C18H26F3N5O3S/c1-13(27)24-15-5-3-14(4-6-15)7-10-23-17(22-2)25-16-8-11-26(12-9-16)30(28,29)18(19,20)21/h3-6,16H,7-12H2,1-2H3,(H,24,27)(H2,22,23,25). The van der Waals surface area contributed by atoms with Crippen LogP contribution >= 0.6 is 0 Å². The van der Waals surface area contributed by atoms with Gasteiger partial charge in [-0.25, -0.2) is 8.42 Å². The van der Waals surface area contributed by atoms with Crippen LogP contribution in [0.3, 0.4) is 0 Å². The van der Waals surface area contributed by atoms with E-state index >= 15 is 0 Å². The SMILES string of the molecule is CN=C(NCCc1ccc(NC(C)=O)cc1)NC1CCN(S(=O)(=O)C(F)(F)F)CC1. The number of piperidine rings is 1. The molecule has 3 N–H and O–H groups in total. The number of hydrogen-bond acceptors (Lipinski definition) is 4. The van der Waals surface area contributed by atoms with E-state index in [9.17, 15) is 26.4 Å². The van der Waals surface area contributed by atoms with Crippen LogP contribution in [0.4, 0.5) is 18.9 Å². The second-order valence-electron chi connectivity index (χ2n) is 6.90. The number of aliphatic imine (C=N–C) groups is 1. The smallest absolute Gasteiger partial charge is 0.356 e. The Morgan fingerprint density at radius 2 is 1.80 bits per heavy atom. The number of nitrogens with one attached hydrogen (secondary N) is 3. The van der Waals surface area contributed by atoms with Crippen LogP contribution in [-0.4, -0.2) is 62.8 Å². The number of benzene rings is 1. The number of alkyl halides is 3. The molecule has 1 fully saturated rings. The lowest BCUT2D eigenvalue weighted by Crippen LogP contribution is -2.51. The molecule has 1 aliphatic heterocycles. The van der Waals surface area contributed by atoms with E-state index in [0.717, 1.165) is 11.3 Å². The van der Waals surface area contributed by atoms with Crippen LogP contribution in [0.15, 0.2) is 29.3 Å². The summed E-state index contributed by atoms with van der Waals surface area (Å²) in [4.78, 5) is 15.1. The Bertz CT molecular complexity index is 849. The Balaban J connectivity index is 1.77. The molecule has 0 aromatic heterocycles. The molecule has 30 heavy (non-hydrogen) atoms. The van der Waals surface area contributed by atoms with Crippen LogP contribution in [-0.2, 0) is 21.2 Å². The van der Waals surface area contributed by atoms with Gasteiger partial charge in [0.2, 0.25) is 5.91 Å². The summed E-state index contributed by atoms with van der Waals surface area (Å²) in [5.41, 5.74) is -3.50. The molecule has 0 saturated carbocycles. The highest BCUT2D eigenvalue weighted by atomic mass is 32.2. The van der Waals surface area contributed by atoms with Crippen LogP contribution in [0.25, 0.3) is 0 Å². The van der Waals surface area contributed by atoms with Gasteiger partial charge in [0.25, 0.3) is 0 Å². The van der Waals surface area contributed by atoms with Gasteiger partial charge in [-0.3, -0.25) is 9.79 Å². The highest BCUT2D eigenvalue weighted by molar-refractivity contribution is 7.90. The largest absolute Gasteiger partial charge is 0.511 e. The monoisotopic (exact) mass is 449 g/mol. The summed E-state index contributed by atoms with van der Waals surface area (Å²) in [6, 6.07) is 7.26. The molecule has 1 aromatic carbocycles. The number of rotatable bonds is 6. The van der Waals surface area contributed by atoms with Crippen LogP contribution in [0.1, 0.15) is 25.3 Å². The molecule has 0 radical (unpaired) electrons. The maximum atomic E-state index is 12.6. The average molecular weight is 449 g/mol. The Hall–Kier alpha value is -2.34. The highest BCUT2D eigenvalue weighted by Gasteiger charge is 2.50. The first-order valence-electron chi connectivity index (χ1n) is 9.43. The van der Waals surface area contributed by atoms with Crippen molar-refractivity contribution in [1.29, 1.82) is 0 Å². The Kier molecular flexibility index (Phi) is 8.07. The molecular weight excluding hydrogens is 423 g/mol. The topological polar surface area (TPSA) is 103 Å². The van der Waals surface area contributed by atoms with Gasteiger partial charge in [-0.05, 0) is 37.0 Å². The summed E-state index contributed by atoms with van der Waals surface area (Å²) in [7, 11) is -3.69. The zero-order chi connectivity index (χ0) is 22.4. The fourth-order valence-electron chi connectivity index (χ4n) is 3.06. The first kappa shape index (κ1) is 23.9.